The summed E-state index contributed by atoms with van der Waals surface area (Å²) in [6.45, 7) is 6.96. The van der Waals surface area contributed by atoms with Crippen LogP contribution in [0.5, 0.6) is 0 Å². The summed E-state index contributed by atoms with van der Waals surface area (Å²) in [4.78, 5) is 13.3. The highest BCUT2D eigenvalue weighted by Gasteiger charge is 2.26. The molecule has 0 aliphatic rings. The molecular weight excluding hydrogens is 233 g/mol. The Balaban J connectivity index is 3.10. The first-order chi connectivity index (χ1) is 8.51. The molecule has 0 aliphatic heterocycles. The largest absolute Gasteiger partial charge is 0.480 e. The van der Waals surface area contributed by atoms with Crippen molar-refractivity contribution in [2.45, 2.75) is 33.2 Å². The van der Waals surface area contributed by atoms with Gasteiger partial charge in [-0.05, 0) is 43.6 Å². The van der Waals surface area contributed by atoms with Crippen LogP contribution in [0.15, 0.2) is 18.2 Å². The topological polar surface area (TPSA) is 40.5 Å². The number of aryl methyl sites for hydroxylation is 1. The molecule has 1 N–H and O–H groups in total. The molecule has 1 atom stereocenters. The van der Waals surface area contributed by atoms with Crippen molar-refractivity contribution in [3.05, 3.63) is 35.1 Å². The van der Waals surface area contributed by atoms with Crippen LogP contribution < -0.4 is 0 Å². The van der Waals surface area contributed by atoms with E-state index in [-0.39, 0.29) is 5.82 Å². The molecule has 0 saturated heterocycles. The van der Waals surface area contributed by atoms with Gasteiger partial charge in [-0.2, -0.15) is 0 Å². The molecule has 0 amide bonds. The third kappa shape index (κ3) is 3.29. The summed E-state index contributed by atoms with van der Waals surface area (Å²) in [7, 11) is 0. The van der Waals surface area contributed by atoms with Crippen molar-refractivity contribution < 1.29 is 14.3 Å². The number of carboxylic acid groups (broad SMARTS) is 1. The number of rotatable bonds is 6. The maximum atomic E-state index is 13.2. The number of aliphatic carboxylic acids is 1. The van der Waals surface area contributed by atoms with E-state index >= 15 is 0 Å². The number of halogens is 1. The van der Waals surface area contributed by atoms with Gasteiger partial charge in [0.25, 0.3) is 0 Å². The zero-order valence-electron chi connectivity index (χ0n) is 11.1. The van der Waals surface area contributed by atoms with Crippen molar-refractivity contribution >= 4 is 5.97 Å². The molecule has 1 aromatic rings. The molecule has 4 heteroatoms. The Morgan fingerprint density at radius 2 is 2.11 bits per heavy atom. The maximum absolute atomic E-state index is 13.2. The van der Waals surface area contributed by atoms with Crippen LogP contribution in [0.25, 0.3) is 0 Å². The SMILES string of the molecule is CCCN(CC)[C@@H](C(=O)O)c1ccc(F)c(C)c1. The quantitative estimate of drug-likeness (QED) is 0.847. The van der Waals surface area contributed by atoms with Crippen LogP contribution in [-0.2, 0) is 4.79 Å². The molecule has 0 heterocycles. The molecule has 1 aromatic carbocycles. The first kappa shape index (κ1) is 14.6. The Kier molecular flexibility index (Phi) is 5.28. The average Bonchev–Trinajstić information content (AvgIpc) is 2.32. The number of hydrogen-bond donors (Lipinski definition) is 1. The fraction of sp³-hybridized carbons (Fsp3) is 0.500. The fourth-order valence-corrected chi connectivity index (χ4v) is 2.10. The van der Waals surface area contributed by atoms with Gasteiger partial charge < -0.3 is 5.11 Å². The van der Waals surface area contributed by atoms with Gasteiger partial charge in [0.15, 0.2) is 0 Å². The van der Waals surface area contributed by atoms with Gasteiger partial charge >= 0.3 is 5.97 Å². The predicted octanol–water partition coefficient (Wildman–Crippen LogP) is 2.99. The Hall–Kier alpha value is -1.42. The normalized spacial score (nSPS) is 12.7. The van der Waals surface area contributed by atoms with Gasteiger partial charge in [0.1, 0.15) is 11.9 Å². The number of hydrogen-bond acceptors (Lipinski definition) is 2. The summed E-state index contributed by atoms with van der Waals surface area (Å²) in [6.07, 6.45) is 0.887. The van der Waals surface area contributed by atoms with Crippen molar-refractivity contribution in [2.24, 2.45) is 0 Å². The van der Waals surface area contributed by atoms with Crippen molar-refractivity contribution in [1.82, 2.24) is 4.90 Å². The van der Waals surface area contributed by atoms with Gasteiger partial charge in [0.2, 0.25) is 0 Å². The zero-order valence-corrected chi connectivity index (χ0v) is 11.1. The van der Waals surface area contributed by atoms with E-state index in [9.17, 15) is 14.3 Å². The lowest BCUT2D eigenvalue weighted by atomic mass is 10.0. The molecule has 0 aromatic heterocycles. The van der Waals surface area contributed by atoms with E-state index in [0.717, 1.165) is 6.42 Å². The summed E-state index contributed by atoms with van der Waals surface area (Å²) in [5.74, 6) is -1.20. The van der Waals surface area contributed by atoms with Crippen molar-refractivity contribution in [3.8, 4) is 0 Å². The lowest BCUT2D eigenvalue weighted by Gasteiger charge is -2.27. The second-order valence-corrected chi connectivity index (χ2v) is 4.38. The van der Waals surface area contributed by atoms with Crippen LogP contribution in [-0.4, -0.2) is 29.1 Å². The molecule has 0 spiro atoms. The number of likely N-dealkylation sites (N-methyl/N-ethyl adjacent to an activating group) is 1. The van der Waals surface area contributed by atoms with Crippen LogP contribution in [0.3, 0.4) is 0 Å². The van der Waals surface area contributed by atoms with Crippen LogP contribution in [0.2, 0.25) is 0 Å². The zero-order chi connectivity index (χ0) is 13.7. The smallest absolute Gasteiger partial charge is 0.325 e. The van der Waals surface area contributed by atoms with Gasteiger partial charge in [-0.3, -0.25) is 9.69 Å². The van der Waals surface area contributed by atoms with E-state index < -0.39 is 12.0 Å². The van der Waals surface area contributed by atoms with Gasteiger partial charge in [0, 0.05) is 0 Å². The minimum absolute atomic E-state index is 0.304. The van der Waals surface area contributed by atoms with E-state index in [1.54, 1.807) is 19.1 Å². The summed E-state index contributed by atoms with van der Waals surface area (Å²) in [5.41, 5.74) is 1.11. The minimum atomic E-state index is -0.892. The number of benzene rings is 1. The van der Waals surface area contributed by atoms with E-state index in [2.05, 4.69) is 0 Å². The second kappa shape index (κ2) is 6.50. The molecule has 0 fully saturated rings. The fourth-order valence-electron chi connectivity index (χ4n) is 2.10. The molecule has 0 bridgehead atoms. The summed E-state index contributed by atoms with van der Waals surface area (Å²) < 4.78 is 13.2. The van der Waals surface area contributed by atoms with Crippen LogP contribution in [0.1, 0.15) is 37.4 Å². The standard InChI is InChI=1S/C14H20FNO2/c1-4-8-16(5-2)13(14(17)18)11-6-7-12(15)10(3)9-11/h6-7,9,13H,4-5,8H2,1-3H3,(H,17,18)/t13-/m1/s1. The van der Waals surface area contributed by atoms with E-state index in [0.29, 0.717) is 24.2 Å². The highest BCUT2D eigenvalue weighted by molar-refractivity contribution is 5.75. The van der Waals surface area contributed by atoms with Gasteiger partial charge in [-0.15, -0.1) is 0 Å². The van der Waals surface area contributed by atoms with Crippen molar-refractivity contribution in [3.63, 3.8) is 0 Å². The monoisotopic (exact) mass is 253 g/mol. The highest BCUT2D eigenvalue weighted by atomic mass is 19.1. The first-order valence-electron chi connectivity index (χ1n) is 6.24. The molecule has 0 aliphatic carbocycles. The number of nitrogens with zero attached hydrogens (tertiary/aromatic N) is 1. The maximum Gasteiger partial charge on any atom is 0.325 e. The Bertz CT molecular complexity index is 420. The molecule has 1 rings (SSSR count). The lowest BCUT2D eigenvalue weighted by molar-refractivity contribution is -0.143. The minimum Gasteiger partial charge on any atom is -0.480 e. The third-order valence-corrected chi connectivity index (χ3v) is 3.01. The molecule has 18 heavy (non-hydrogen) atoms. The second-order valence-electron chi connectivity index (χ2n) is 4.38. The molecule has 100 valence electrons. The van der Waals surface area contributed by atoms with Gasteiger partial charge in [0.05, 0.1) is 0 Å². The van der Waals surface area contributed by atoms with E-state index in [1.807, 2.05) is 18.7 Å². The molecule has 0 radical (unpaired) electrons. The van der Waals surface area contributed by atoms with Crippen molar-refractivity contribution in [1.29, 1.82) is 0 Å². The Morgan fingerprint density at radius 3 is 2.56 bits per heavy atom. The average molecular weight is 253 g/mol. The van der Waals surface area contributed by atoms with Crippen molar-refractivity contribution in [2.75, 3.05) is 13.1 Å². The predicted molar refractivity (Wildman–Crippen MR) is 69.1 cm³/mol. The van der Waals surface area contributed by atoms with E-state index in [1.165, 1.54) is 6.07 Å². The van der Waals surface area contributed by atoms with Crippen LogP contribution in [0, 0.1) is 12.7 Å². The molecular formula is C14H20FNO2. The Labute approximate surface area is 107 Å². The Morgan fingerprint density at radius 1 is 1.44 bits per heavy atom. The summed E-state index contributed by atoms with van der Waals surface area (Å²) in [6, 6.07) is 3.81. The highest BCUT2D eigenvalue weighted by Crippen LogP contribution is 2.23. The molecule has 3 nitrogen and oxygen atoms in total. The van der Waals surface area contributed by atoms with Gasteiger partial charge in [-0.25, -0.2) is 4.39 Å². The van der Waals surface area contributed by atoms with Gasteiger partial charge in [-0.1, -0.05) is 26.0 Å². The van der Waals surface area contributed by atoms with E-state index in [4.69, 9.17) is 0 Å². The number of carbonyl (C=O) groups is 1. The third-order valence-electron chi connectivity index (χ3n) is 3.01. The molecule has 0 saturated carbocycles. The lowest BCUT2D eigenvalue weighted by Crippen LogP contribution is -2.34. The van der Waals surface area contributed by atoms with Crippen LogP contribution in [0.4, 0.5) is 4.39 Å². The molecule has 0 unspecified atom stereocenters. The number of carboxylic acids is 1. The summed E-state index contributed by atoms with van der Waals surface area (Å²) in [5, 5.41) is 9.38. The first-order valence-corrected chi connectivity index (χ1v) is 6.24. The summed E-state index contributed by atoms with van der Waals surface area (Å²) >= 11 is 0. The van der Waals surface area contributed by atoms with Crippen LogP contribution >= 0.6 is 0 Å².